The van der Waals surface area contributed by atoms with Crippen LogP contribution in [0.15, 0.2) is 12.1 Å². The van der Waals surface area contributed by atoms with E-state index in [1.807, 2.05) is 12.1 Å². The number of carbonyl (C=O) groups is 1. The molecule has 0 spiro atoms. The Balaban J connectivity index is 2.57. The molecule has 24 heavy (non-hydrogen) atoms. The monoisotopic (exact) mass is 333 g/mol. The summed E-state index contributed by atoms with van der Waals surface area (Å²) in [6, 6.07) is 3.96. The number of rotatable bonds is 4. The fraction of sp³-hybridized carbons (Fsp3) is 0.650. The van der Waals surface area contributed by atoms with Crippen molar-refractivity contribution in [2.75, 3.05) is 32.2 Å². The lowest BCUT2D eigenvalue weighted by Gasteiger charge is -2.31. The number of hydrogen-bond donors (Lipinski definition) is 0. The van der Waals surface area contributed by atoms with Gasteiger partial charge in [0.15, 0.2) is 5.78 Å². The van der Waals surface area contributed by atoms with Crippen LogP contribution in [0.1, 0.15) is 62.9 Å². The Morgan fingerprint density at radius 1 is 1.21 bits per heavy atom. The van der Waals surface area contributed by atoms with E-state index in [1.54, 1.807) is 21.1 Å². The molecule has 0 radical (unpaired) electrons. The molecule has 0 aromatic heterocycles. The van der Waals surface area contributed by atoms with Crippen molar-refractivity contribution in [1.29, 1.82) is 0 Å². The molecule has 1 atom stereocenters. The van der Waals surface area contributed by atoms with Crippen molar-refractivity contribution in [2.24, 2.45) is 0 Å². The minimum Gasteiger partial charge on any atom is -0.494 e. The topological polar surface area (TPSA) is 38.8 Å². The molecule has 1 saturated heterocycles. The third-order valence-electron chi connectivity index (χ3n) is 4.79. The molecule has 1 aromatic carbocycles. The van der Waals surface area contributed by atoms with Gasteiger partial charge in [0, 0.05) is 31.3 Å². The quantitative estimate of drug-likeness (QED) is 0.774. The van der Waals surface area contributed by atoms with E-state index in [2.05, 4.69) is 25.7 Å². The Morgan fingerprint density at radius 2 is 1.92 bits per heavy atom. The normalized spacial score (nSPS) is 19.1. The minimum atomic E-state index is -0.0991. The first-order valence-electron chi connectivity index (χ1n) is 8.79. The third-order valence-corrected chi connectivity index (χ3v) is 4.79. The van der Waals surface area contributed by atoms with Gasteiger partial charge in [-0.3, -0.25) is 4.79 Å². The number of methoxy groups -OCH3 is 2. The summed E-state index contributed by atoms with van der Waals surface area (Å²) in [7, 11) is 3.49. The number of ketones is 1. The van der Waals surface area contributed by atoms with Gasteiger partial charge in [0.2, 0.25) is 0 Å². The number of anilines is 1. The molecular formula is C20H31NO3. The zero-order valence-corrected chi connectivity index (χ0v) is 15.9. The molecule has 1 aliphatic heterocycles. The molecule has 0 unspecified atom stereocenters. The summed E-state index contributed by atoms with van der Waals surface area (Å²) in [5, 5.41) is 0. The van der Waals surface area contributed by atoms with Crippen LogP contribution in [-0.4, -0.2) is 39.2 Å². The molecule has 0 aliphatic carbocycles. The van der Waals surface area contributed by atoms with Gasteiger partial charge in [-0.05, 0) is 43.7 Å². The predicted molar refractivity (Wildman–Crippen MR) is 98.6 cm³/mol. The zero-order chi connectivity index (χ0) is 17.9. The smallest absolute Gasteiger partial charge is 0.159 e. The number of ether oxygens (including phenoxy) is 2. The fourth-order valence-electron chi connectivity index (χ4n) is 3.34. The van der Waals surface area contributed by atoms with Crippen LogP contribution in [0.5, 0.6) is 5.75 Å². The van der Waals surface area contributed by atoms with Gasteiger partial charge in [-0.2, -0.15) is 0 Å². The molecular weight excluding hydrogens is 302 g/mol. The summed E-state index contributed by atoms with van der Waals surface area (Å²) in [5.41, 5.74) is 2.73. The van der Waals surface area contributed by atoms with E-state index in [-0.39, 0.29) is 17.3 Å². The lowest BCUT2D eigenvalue weighted by Crippen LogP contribution is -2.32. The molecule has 1 aromatic rings. The van der Waals surface area contributed by atoms with Crippen LogP contribution in [0, 0.1) is 0 Å². The fourth-order valence-corrected chi connectivity index (χ4v) is 3.34. The van der Waals surface area contributed by atoms with Gasteiger partial charge >= 0.3 is 0 Å². The second kappa shape index (κ2) is 7.56. The lowest BCUT2D eigenvalue weighted by molar-refractivity contribution is 0.101. The number of hydrogen-bond acceptors (Lipinski definition) is 4. The summed E-state index contributed by atoms with van der Waals surface area (Å²) in [6.45, 7) is 9.87. The molecule has 0 saturated carbocycles. The Hall–Kier alpha value is -1.55. The highest BCUT2D eigenvalue weighted by atomic mass is 16.5. The first-order valence-corrected chi connectivity index (χ1v) is 8.79. The predicted octanol–water partition coefficient (Wildman–Crippen LogP) is 4.20. The largest absolute Gasteiger partial charge is 0.494 e. The van der Waals surface area contributed by atoms with E-state index in [9.17, 15) is 4.79 Å². The maximum atomic E-state index is 12.1. The Labute approximate surface area is 146 Å². The molecule has 4 nitrogen and oxygen atoms in total. The molecule has 0 bridgehead atoms. The molecule has 4 heteroatoms. The second-order valence-corrected chi connectivity index (χ2v) is 7.68. The van der Waals surface area contributed by atoms with Crippen LogP contribution in [0.25, 0.3) is 0 Å². The van der Waals surface area contributed by atoms with Crippen molar-refractivity contribution in [2.45, 2.75) is 58.5 Å². The molecule has 1 aliphatic rings. The van der Waals surface area contributed by atoms with E-state index >= 15 is 0 Å². The van der Waals surface area contributed by atoms with E-state index in [1.165, 1.54) is 0 Å². The van der Waals surface area contributed by atoms with Gasteiger partial charge in [-0.15, -0.1) is 0 Å². The van der Waals surface area contributed by atoms with Gasteiger partial charge in [-0.1, -0.05) is 20.8 Å². The second-order valence-electron chi connectivity index (χ2n) is 7.68. The zero-order valence-electron chi connectivity index (χ0n) is 15.9. The van der Waals surface area contributed by atoms with Crippen LogP contribution in [-0.2, 0) is 10.2 Å². The van der Waals surface area contributed by atoms with Gasteiger partial charge < -0.3 is 14.4 Å². The summed E-state index contributed by atoms with van der Waals surface area (Å²) >= 11 is 0. The van der Waals surface area contributed by atoms with Crippen molar-refractivity contribution in [3.8, 4) is 5.75 Å². The van der Waals surface area contributed by atoms with Gasteiger partial charge in [-0.25, -0.2) is 0 Å². The number of benzene rings is 1. The van der Waals surface area contributed by atoms with Crippen molar-refractivity contribution in [3.63, 3.8) is 0 Å². The number of carbonyl (C=O) groups excluding carboxylic acids is 1. The summed E-state index contributed by atoms with van der Waals surface area (Å²) in [5.74, 6) is 0.965. The third kappa shape index (κ3) is 4.10. The van der Waals surface area contributed by atoms with Crippen molar-refractivity contribution < 1.29 is 14.3 Å². The van der Waals surface area contributed by atoms with Gasteiger partial charge in [0.1, 0.15) is 5.75 Å². The average Bonchev–Trinajstić information content (AvgIpc) is 2.78. The molecule has 0 N–H and O–H groups in total. The highest BCUT2D eigenvalue weighted by Gasteiger charge is 2.27. The Kier molecular flexibility index (Phi) is 5.92. The molecule has 134 valence electrons. The van der Waals surface area contributed by atoms with Crippen LogP contribution >= 0.6 is 0 Å². The van der Waals surface area contributed by atoms with E-state index in [4.69, 9.17) is 9.47 Å². The summed E-state index contributed by atoms with van der Waals surface area (Å²) in [4.78, 5) is 14.4. The van der Waals surface area contributed by atoms with Gasteiger partial charge in [0.25, 0.3) is 0 Å². The first-order chi connectivity index (χ1) is 11.3. The van der Waals surface area contributed by atoms with Crippen molar-refractivity contribution in [3.05, 3.63) is 23.3 Å². The van der Waals surface area contributed by atoms with E-state index in [0.29, 0.717) is 0 Å². The average molecular weight is 333 g/mol. The van der Waals surface area contributed by atoms with Gasteiger partial charge in [0.05, 0.1) is 18.9 Å². The molecule has 0 amide bonds. The molecule has 1 heterocycles. The number of Topliss-reactive ketones (excluding diaryl/α,β-unsaturated/α-hetero) is 1. The Bertz CT molecular complexity index is 589. The van der Waals surface area contributed by atoms with E-state index < -0.39 is 0 Å². The highest BCUT2D eigenvalue weighted by Crippen LogP contribution is 2.41. The lowest BCUT2D eigenvalue weighted by atomic mass is 9.84. The van der Waals surface area contributed by atoms with E-state index in [0.717, 1.165) is 54.9 Å². The maximum absolute atomic E-state index is 12.1. The van der Waals surface area contributed by atoms with Crippen LogP contribution in [0.2, 0.25) is 0 Å². The summed E-state index contributed by atoms with van der Waals surface area (Å²) in [6.07, 6.45) is 3.58. The van der Waals surface area contributed by atoms with Crippen molar-refractivity contribution >= 4 is 11.5 Å². The standard InChI is InChI=1S/C20H31NO3/c1-14(22)15-11-17(20(2,3)4)19(24-6)18(12-15)21-10-8-7-9-16(13-21)23-5/h11-12,16H,7-10,13H2,1-6H3/t16-/m1/s1. The van der Waals surface area contributed by atoms with Crippen molar-refractivity contribution in [1.82, 2.24) is 0 Å². The minimum absolute atomic E-state index is 0.0857. The summed E-state index contributed by atoms with van der Waals surface area (Å²) < 4.78 is 11.4. The highest BCUT2D eigenvalue weighted by molar-refractivity contribution is 5.96. The Morgan fingerprint density at radius 3 is 2.46 bits per heavy atom. The molecule has 2 rings (SSSR count). The maximum Gasteiger partial charge on any atom is 0.159 e. The first kappa shape index (κ1) is 18.8. The SMILES string of the molecule is COc1c(N2CCCC[C@@H](OC)C2)cc(C(C)=O)cc1C(C)(C)C. The van der Waals surface area contributed by atoms with Crippen LogP contribution in [0.4, 0.5) is 5.69 Å². The molecule has 1 fully saturated rings. The van der Waals surface area contributed by atoms with Crippen LogP contribution in [0.3, 0.4) is 0 Å². The number of nitrogens with zero attached hydrogens (tertiary/aromatic N) is 1. The van der Waals surface area contributed by atoms with Crippen LogP contribution < -0.4 is 9.64 Å².